The SMILES string of the molecule is C=CC(=O)OC(O)C(=O)[O-].C=CC(=O)OC(O)C(=O)[O-].[Ca+2]. The van der Waals surface area contributed by atoms with Crippen molar-refractivity contribution in [1.29, 1.82) is 0 Å². The van der Waals surface area contributed by atoms with Gasteiger partial charge in [-0.15, -0.1) is 0 Å². The van der Waals surface area contributed by atoms with Gasteiger partial charge in [-0.1, -0.05) is 13.2 Å². The molecule has 2 N–H and O–H groups in total. The number of aliphatic hydroxyl groups excluding tert-OH is 2. The second-order valence-corrected chi connectivity index (χ2v) is 2.62. The summed E-state index contributed by atoms with van der Waals surface area (Å²) in [6.07, 6.45) is -2.98. The first-order valence-corrected chi connectivity index (χ1v) is 4.59. The number of carboxylic acid groups (broad SMARTS) is 2. The van der Waals surface area contributed by atoms with E-state index in [0.29, 0.717) is 0 Å². The first-order valence-electron chi connectivity index (χ1n) is 4.59. The van der Waals surface area contributed by atoms with E-state index in [0.717, 1.165) is 12.2 Å². The average molecular weight is 330 g/mol. The summed E-state index contributed by atoms with van der Waals surface area (Å²) in [7, 11) is 0. The van der Waals surface area contributed by atoms with Gasteiger partial charge < -0.3 is 39.5 Å². The van der Waals surface area contributed by atoms with E-state index in [9.17, 15) is 29.4 Å². The Morgan fingerprint density at radius 1 is 0.857 bits per heavy atom. The zero-order chi connectivity index (χ0) is 16.3. The molecular formula is C10H10CaO10. The molecule has 0 bridgehead atoms. The van der Waals surface area contributed by atoms with Gasteiger partial charge >= 0.3 is 49.7 Å². The summed E-state index contributed by atoms with van der Waals surface area (Å²) in [6, 6.07) is 0. The summed E-state index contributed by atoms with van der Waals surface area (Å²) in [6.45, 7) is 5.95. The molecule has 2 unspecified atom stereocenters. The Bertz CT molecular complexity index is 367. The molecule has 0 aliphatic rings. The van der Waals surface area contributed by atoms with E-state index >= 15 is 0 Å². The van der Waals surface area contributed by atoms with Crippen LogP contribution in [-0.4, -0.2) is 84.4 Å². The van der Waals surface area contributed by atoms with E-state index in [-0.39, 0.29) is 37.7 Å². The van der Waals surface area contributed by atoms with Crippen molar-refractivity contribution in [3.8, 4) is 0 Å². The Balaban J connectivity index is -0.000000295. The molecule has 0 saturated carbocycles. The van der Waals surface area contributed by atoms with Gasteiger partial charge in [-0.2, -0.15) is 0 Å². The summed E-state index contributed by atoms with van der Waals surface area (Å²) >= 11 is 0. The van der Waals surface area contributed by atoms with Crippen molar-refractivity contribution >= 4 is 61.6 Å². The van der Waals surface area contributed by atoms with Crippen molar-refractivity contribution in [2.75, 3.05) is 0 Å². The predicted molar refractivity (Wildman–Crippen MR) is 60.4 cm³/mol. The van der Waals surface area contributed by atoms with E-state index < -0.39 is 36.5 Å². The van der Waals surface area contributed by atoms with Crippen molar-refractivity contribution < 1.29 is 49.1 Å². The van der Waals surface area contributed by atoms with Crippen LogP contribution in [0.2, 0.25) is 0 Å². The van der Waals surface area contributed by atoms with Crippen LogP contribution < -0.4 is 10.2 Å². The number of aliphatic carboxylic acids is 2. The fourth-order valence-corrected chi connectivity index (χ4v) is 0.412. The molecule has 0 fully saturated rings. The van der Waals surface area contributed by atoms with Crippen LogP contribution >= 0.6 is 0 Å². The van der Waals surface area contributed by atoms with Crippen molar-refractivity contribution in [3.05, 3.63) is 25.3 Å². The second kappa shape index (κ2) is 13.5. The Kier molecular flexibility index (Phi) is 15.8. The third-order valence-electron chi connectivity index (χ3n) is 1.19. The minimum Gasteiger partial charge on any atom is -0.544 e. The molecule has 0 aromatic carbocycles. The molecule has 0 saturated heterocycles. The molecule has 112 valence electrons. The average Bonchev–Trinajstić information content (AvgIpc) is 2.38. The number of carbonyl (C=O) groups excluding carboxylic acids is 4. The molecule has 0 amide bonds. The molecular weight excluding hydrogens is 320 g/mol. The van der Waals surface area contributed by atoms with Gasteiger partial charge in [0.15, 0.2) is 0 Å². The molecule has 11 heteroatoms. The maximum atomic E-state index is 10.1. The van der Waals surface area contributed by atoms with E-state index in [1.807, 2.05) is 0 Å². The molecule has 0 spiro atoms. The van der Waals surface area contributed by atoms with Gasteiger partial charge in [0.25, 0.3) is 0 Å². The second-order valence-electron chi connectivity index (χ2n) is 2.62. The molecule has 2 atom stereocenters. The number of hydrogen-bond donors (Lipinski definition) is 2. The third kappa shape index (κ3) is 14.8. The van der Waals surface area contributed by atoms with Crippen LogP contribution in [-0.2, 0) is 28.7 Å². The molecule has 0 heterocycles. The smallest absolute Gasteiger partial charge is 0.544 e. The van der Waals surface area contributed by atoms with Crippen molar-refractivity contribution in [3.63, 3.8) is 0 Å². The fraction of sp³-hybridized carbons (Fsp3) is 0.200. The van der Waals surface area contributed by atoms with Crippen LogP contribution in [0.3, 0.4) is 0 Å². The van der Waals surface area contributed by atoms with Crippen molar-refractivity contribution in [1.82, 2.24) is 0 Å². The summed E-state index contributed by atoms with van der Waals surface area (Å²) < 4.78 is 7.59. The zero-order valence-electron chi connectivity index (χ0n) is 10.6. The van der Waals surface area contributed by atoms with Crippen LogP contribution in [0.25, 0.3) is 0 Å². The van der Waals surface area contributed by atoms with Crippen LogP contribution in [0, 0.1) is 0 Å². The van der Waals surface area contributed by atoms with E-state index in [2.05, 4.69) is 22.6 Å². The van der Waals surface area contributed by atoms with Gasteiger partial charge in [0, 0.05) is 12.2 Å². The molecule has 0 aromatic rings. The van der Waals surface area contributed by atoms with Crippen LogP contribution in [0.4, 0.5) is 0 Å². The van der Waals surface area contributed by atoms with E-state index in [1.54, 1.807) is 0 Å². The fourth-order valence-electron chi connectivity index (χ4n) is 0.412. The number of aliphatic hydroxyl groups is 2. The minimum atomic E-state index is -2.22. The molecule has 0 aliphatic heterocycles. The largest absolute Gasteiger partial charge is 2.00 e. The maximum absolute atomic E-state index is 10.1. The number of carboxylic acids is 2. The number of carbonyl (C=O) groups is 4. The van der Waals surface area contributed by atoms with Crippen molar-refractivity contribution in [2.24, 2.45) is 0 Å². The van der Waals surface area contributed by atoms with Gasteiger partial charge in [-0.05, 0) is 0 Å². The molecule has 0 radical (unpaired) electrons. The zero-order valence-corrected chi connectivity index (χ0v) is 12.8. The molecule has 0 aromatic heterocycles. The monoisotopic (exact) mass is 330 g/mol. The first kappa shape index (κ1) is 24.6. The quantitative estimate of drug-likeness (QED) is 0.208. The minimum absolute atomic E-state index is 0. The van der Waals surface area contributed by atoms with E-state index in [1.165, 1.54) is 0 Å². The van der Waals surface area contributed by atoms with Gasteiger partial charge in [-0.3, -0.25) is 0 Å². The Labute approximate surface area is 148 Å². The number of hydrogen-bond acceptors (Lipinski definition) is 10. The van der Waals surface area contributed by atoms with Crippen molar-refractivity contribution in [2.45, 2.75) is 12.6 Å². The van der Waals surface area contributed by atoms with Gasteiger partial charge in [0.2, 0.25) is 12.6 Å². The van der Waals surface area contributed by atoms with E-state index in [4.69, 9.17) is 10.2 Å². The third-order valence-corrected chi connectivity index (χ3v) is 1.19. The molecule has 0 rings (SSSR count). The predicted octanol–water partition coefficient (Wildman–Crippen LogP) is -4.81. The molecule has 21 heavy (non-hydrogen) atoms. The number of rotatable bonds is 6. The molecule has 10 nitrogen and oxygen atoms in total. The topological polar surface area (TPSA) is 173 Å². The first-order chi connectivity index (χ1) is 9.15. The summed E-state index contributed by atoms with van der Waals surface area (Å²) in [4.78, 5) is 39.6. The Morgan fingerprint density at radius 2 is 1.10 bits per heavy atom. The normalized spacial score (nSPS) is 11.1. The Hall–Kier alpha value is -1.46. The standard InChI is InChI=1S/2C5H6O5.Ca/c2*1-2-3(6)10-5(9)4(7)8;/h2*2,5,9H,1H2,(H,7,8);/q;;+2/p-2. The van der Waals surface area contributed by atoms with Gasteiger partial charge in [0.1, 0.15) is 11.9 Å². The Morgan fingerprint density at radius 3 is 1.24 bits per heavy atom. The van der Waals surface area contributed by atoms with Gasteiger partial charge in [0.05, 0.1) is 0 Å². The van der Waals surface area contributed by atoms with Crippen LogP contribution in [0.1, 0.15) is 0 Å². The van der Waals surface area contributed by atoms with Gasteiger partial charge in [-0.25, -0.2) is 9.59 Å². The number of esters is 2. The summed E-state index contributed by atoms with van der Waals surface area (Å²) in [5, 5.41) is 35.9. The van der Waals surface area contributed by atoms with Crippen LogP contribution in [0.5, 0.6) is 0 Å². The maximum Gasteiger partial charge on any atom is 2.00 e. The summed E-state index contributed by atoms with van der Waals surface area (Å²) in [5.41, 5.74) is 0. The molecule has 0 aliphatic carbocycles. The van der Waals surface area contributed by atoms with Crippen LogP contribution in [0.15, 0.2) is 25.3 Å². The summed E-state index contributed by atoms with van der Waals surface area (Å²) in [5.74, 6) is -5.76. The number of ether oxygens (including phenoxy) is 2.